The molecule has 0 amide bonds. The molecule has 0 radical (unpaired) electrons. The van der Waals surface area contributed by atoms with Crippen molar-refractivity contribution in [2.24, 2.45) is 0 Å². The van der Waals surface area contributed by atoms with Crippen LogP contribution < -0.4 is 0 Å². The van der Waals surface area contributed by atoms with Crippen LogP contribution in [0.2, 0.25) is 74.5 Å². The van der Waals surface area contributed by atoms with E-state index in [-0.39, 0.29) is 0 Å². The van der Waals surface area contributed by atoms with Crippen LogP contribution in [0.5, 0.6) is 0 Å². The van der Waals surface area contributed by atoms with Gasteiger partial charge in [0.1, 0.15) is 0 Å². The minimum absolute atomic E-state index is 0.859. The zero-order valence-corrected chi connectivity index (χ0v) is 16.5. The fourth-order valence-corrected chi connectivity index (χ4v) is 20.4. The van der Waals surface area contributed by atoms with E-state index in [2.05, 4.69) is 58.9 Å². The van der Waals surface area contributed by atoms with Crippen LogP contribution in [-0.2, 0) is 0 Å². The Morgan fingerprint density at radius 3 is 1.12 bits per heavy atom. The molecule has 0 N–H and O–H groups in total. The lowest BCUT2D eigenvalue weighted by molar-refractivity contribution is 0.0366. The van der Waals surface area contributed by atoms with Crippen molar-refractivity contribution in [2.75, 3.05) is 0 Å². The van der Waals surface area contributed by atoms with Crippen molar-refractivity contribution >= 4 is 24.2 Å². The molecule has 0 aromatic carbocycles. The fourth-order valence-electron chi connectivity index (χ4n) is 5.33. The van der Waals surface area contributed by atoms with Gasteiger partial charge in [0, 0.05) is 8.07 Å². The fraction of sp³-hybridized carbons (Fsp3) is 1.00. The molecule has 3 fully saturated rings. The molecule has 3 rings (SSSR count). The number of rotatable bonds is 3. The number of hydrogen-bond donors (Lipinski definition) is 0. The van der Waals surface area contributed by atoms with E-state index < -0.39 is 24.2 Å². The van der Waals surface area contributed by atoms with Crippen LogP contribution in [0.3, 0.4) is 0 Å². The largest absolute Gasteiger partial charge is 0.0693 e. The van der Waals surface area contributed by atoms with Gasteiger partial charge in [0.15, 0.2) is 0 Å². The molecule has 3 heteroatoms. The first-order valence-electron chi connectivity index (χ1n) is 7.28. The monoisotopic (exact) mass is 284 g/mol. The standard InChI is InChI=1S/C14H32Si3/c1-15(2,3)12-13(16(4,5)6)10-14(12,11-13)17(7,8)9/h12H,10-11H2,1-9H3. The third kappa shape index (κ3) is 1.51. The van der Waals surface area contributed by atoms with Gasteiger partial charge < -0.3 is 0 Å². The Bertz CT molecular complexity index is 306. The molecule has 0 saturated heterocycles. The van der Waals surface area contributed by atoms with Gasteiger partial charge in [0.25, 0.3) is 0 Å². The van der Waals surface area contributed by atoms with Gasteiger partial charge >= 0.3 is 0 Å². The molecule has 0 nitrogen and oxygen atoms in total. The smallest absolute Gasteiger partial charge is 0.0505 e. The highest BCUT2D eigenvalue weighted by atomic mass is 28.3. The van der Waals surface area contributed by atoms with E-state index in [0.29, 0.717) is 0 Å². The SMILES string of the molecule is C[Si](C)(C)C1C2([Si](C)(C)C)CC1([Si](C)(C)C)C2. The van der Waals surface area contributed by atoms with Crippen molar-refractivity contribution in [3.8, 4) is 0 Å². The van der Waals surface area contributed by atoms with Gasteiger partial charge in [-0.2, -0.15) is 0 Å². The van der Waals surface area contributed by atoms with Crippen molar-refractivity contribution in [2.45, 2.75) is 87.4 Å². The molecule has 17 heavy (non-hydrogen) atoms. The molecule has 0 aromatic heterocycles. The Kier molecular flexibility index (Phi) is 2.66. The Balaban J connectivity index is 2.38. The molecule has 0 atom stereocenters. The van der Waals surface area contributed by atoms with Crippen molar-refractivity contribution in [1.82, 2.24) is 0 Å². The van der Waals surface area contributed by atoms with Gasteiger partial charge in [0.05, 0.1) is 16.1 Å². The van der Waals surface area contributed by atoms with Crippen LogP contribution in [0.15, 0.2) is 0 Å². The summed E-state index contributed by atoms with van der Waals surface area (Å²) in [4.78, 5) is 0. The topological polar surface area (TPSA) is 0 Å². The Morgan fingerprint density at radius 2 is 0.941 bits per heavy atom. The predicted molar refractivity (Wildman–Crippen MR) is 88.4 cm³/mol. The van der Waals surface area contributed by atoms with Crippen LogP contribution in [0.25, 0.3) is 0 Å². The normalized spacial score (nSPS) is 41.8. The van der Waals surface area contributed by atoms with Crippen LogP contribution >= 0.6 is 0 Å². The lowest BCUT2D eigenvalue weighted by Crippen LogP contribution is -2.77. The summed E-state index contributed by atoms with van der Waals surface area (Å²) >= 11 is 0. The zero-order valence-electron chi connectivity index (χ0n) is 13.5. The van der Waals surface area contributed by atoms with Crippen molar-refractivity contribution in [3.63, 3.8) is 0 Å². The maximum atomic E-state index is 2.64. The second kappa shape index (κ2) is 3.21. The van der Waals surface area contributed by atoms with E-state index in [1.807, 2.05) is 0 Å². The summed E-state index contributed by atoms with van der Waals surface area (Å²) in [7, 11) is -2.93. The minimum atomic E-state index is -0.982. The highest BCUT2D eigenvalue weighted by Gasteiger charge is 2.83. The number of hydrogen-bond acceptors (Lipinski definition) is 0. The van der Waals surface area contributed by atoms with Gasteiger partial charge in [-0.1, -0.05) is 58.9 Å². The molecule has 2 bridgehead atoms. The molecule has 3 aliphatic rings. The lowest BCUT2D eigenvalue weighted by Gasteiger charge is -2.87. The Morgan fingerprint density at radius 1 is 0.647 bits per heavy atom. The van der Waals surface area contributed by atoms with E-state index in [9.17, 15) is 0 Å². The summed E-state index contributed by atoms with van der Waals surface area (Å²) in [6, 6.07) is 0. The average molecular weight is 285 g/mol. The summed E-state index contributed by atoms with van der Waals surface area (Å²) in [6.45, 7) is 23.7. The summed E-state index contributed by atoms with van der Waals surface area (Å²) < 4.78 is 0. The van der Waals surface area contributed by atoms with Gasteiger partial charge in [-0.05, 0) is 28.5 Å². The summed E-state index contributed by atoms with van der Waals surface area (Å²) in [5.74, 6) is 0. The molecular formula is C14H32Si3. The van der Waals surface area contributed by atoms with Crippen LogP contribution in [0.1, 0.15) is 12.8 Å². The third-order valence-electron chi connectivity index (χ3n) is 6.22. The maximum absolute atomic E-state index is 2.64. The highest BCUT2D eigenvalue weighted by Crippen LogP contribution is 2.96. The van der Waals surface area contributed by atoms with E-state index in [1.165, 1.54) is 5.54 Å². The lowest BCUT2D eigenvalue weighted by atomic mass is 9.52. The molecule has 3 saturated carbocycles. The highest BCUT2D eigenvalue weighted by molar-refractivity contribution is 6.91. The van der Waals surface area contributed by atoms with Crippen LogP contribution in [-0.4, -0.2) is 24.2 Å². The van der Waals surface area contributed by atoms with Gasteiger partial charge in [-0.25, -0.2) is 0 Å². The molecule has 0 unspecified atom stereocenters. The van der Waals surface area contributed by atoms with Gasteiger partial charge in [-0.3, -0.25) is 0 Å². The average Bonchev–Trinajstić information content (AvgIpc) is 1.63. The maximum Gasteiger partial charge on any atom is 0.0505 e. The second-order valence-electron chi connectivity index (χ2n) is 9.96. The van der Waals surface area contributed by atoms with E-state index in [1.54, 1.807) is 12.8 Å². The first-order valence-corrected chi connectivity index (χ1v) is 17.9. The molecule has 0 heterocycles. The summed E-state index contributed by atoms with van der Waals surface area (Å²) in [5, 5.41) is 1.72. The Hall–Kier alpha value is 0.651. The molecule has 100 valence electrons. The summed E-state index contributed by atoms with van der Waals surface area (Å²) in [6.07, 6.45) is 3.25. The summed E-state index contributed by atoms with van der Waals surface area (Å²) in [5.41, 5.74) is 1.17. The van der Waals surface area contributed by atoms with Crippen molar-refractivity contribution < 1.29 is 0 Å². The van der Waals surface area contributed by atoms with E-state index in [0.717, 1.165) is 10.1 Å². The third-order valence-corrected chi connectivity index (χ3v) is 16.9. The van der Waals surface area contributed by atoms with E-state index in [4.69, 9.17) is 0 Å². The van der Waals surface area contributed by atoms with Crippen LogP contribution in [0.4, 0.5) is 0 Å². The molecular weight excluding hydrogens is 252 g/mol. The van der Waals surface area contributed by atoms with E-state index >= 15 is 0 Å². The predicted octanol–water partition coefficient (Wildman–Crippen LogP) is 5.66. The first kappa shape index (κ1) is 14.1. The van der Waals surface area contributed by atoms with Gasteiger partial charge in [-0.15, -0.1) is 0 Å². The molecule has 0 spiro atoms. The molecule has 0 aliphatic heterocycles. The minimum Gasteiger partial charge on any atom is -0.0693 e. The van der Waals surface area contributed by atoms with Crippen molar-refractivity contribution in [1.29, 1.82) is 0 Å². The first-order chi connectivity index (χ1) is 7.28. The molecule has 3 aliphatic carbocycles. The van der Waals surface area contributed by atoms with Gasteiger partial charge in [0.2, 0.25) is 0 Å². The van der Waals surface area contributed by atoms with Crippen LogP contribution in [0, 0.1) is 0 Å². The quantitative estimate of drug-likeness (QED) is 0.587. The molecule has 0 aromatic rings. The Labute approximate surface area is 112 Å². The second-order valence-corrected chi connectivity index (χ2v) is 26.3. The zero-order chi connectivity index (χ0) is 13.5. The van der Waals surface area contributed by atoms with Crippen molar-refractivity contribution in [3.05, 3.63) is 0 Å².